The quantitative estimate of drug-likeness (QED) is 0.487. The highest BCUT2D eigenvalue weighted by Gasteiger charge is 2.17. The van der Waals surface area contributed by atoms with Crippen molar-refractivity contribution in [3.8, 4) is 17.1 Å². The molecular formula is C21H16FN5OS. The van der Waals surface area contributed by atoms with E-state index in [4.69, 9.17) is 0 Å². The predicted molar refractivity (Wildman–Crippen MR) is 110 cm³/mol. The number of rotatable bonds is 6. The van der Waals surface area contributed by atoms with Crippen LogP contribution in [0.15, 0.2) is 84.3 Å². The fraction of sp³-hybridized carbons (Fsp3) is 0.0476. The average molecular weight is 405 g/mol. The predicted octanol–water partition coefficient (Wildman–Crippen LogP) is 4.20. The van der Waals surface area contributed by atoms with E-state index in [2.05, 4.69) is 20.5 Å². The van der Waals surface area contributed by atoms with E-state index in [0.717, 1.165) is 5.56 Å². The number of aromatic nitrogens is 4. The summed E-state index contributed by atoms with van der Waals surface area (Å²) >= 11 is 1.25. The molecule has 2 heterocycles. The molecule has 1 N–H and O–H groups in total. The zero-order valence-electron chi connectivity index (χ0n) is 15.2. The Morgan fingerprint density at radius 1 is 1.00 bits per heavy atom. The van der Waals surface area contributed by atoms with Gasteiger partial charge in [-0.25, -0.2) is 4.39 Å². The third kappa shape index (κ3) is 4.49. The average Bonchev–Trinajstić information content (AvgIpc) is 3.18. The van der Waals surface area contributed by atoms with Gasteiger partial charge < -0.3 is 5.32 Å². The van der Waals surface area contributed by atoms with E-state index in [1.54, 1.807) is 36.7 Å². The van der Waals surface area contributed by atoms with Crippen LogP contribution in [0.2, 0.25) is 0 Å². The molecule has 144 valence electrons. The van der Waals surface area contributed by atoms with Gasteiger partial charge >= 0.3 is 0 Å². The molecule has 0 radical (unpaired) electrons. The summed E-state index contributed by atoms with van der Waals surface area (Å²) in [7, 11) is 0. The first-order valence-electron chi connectivity index (χ1n) is 8.80. The number of amides is 1. The summed E-state index contributed by atoms with van der Waals surface area (Å²) < 4.78 is 15.2. The van der Waals surface area contributed by atoms with Crippen LogP contribution in [0.4, 0.5) is 10.1 Å². The summed E-state index contributed by atoms with van der Waals surface area (Å²) in [5, 5.41) is 11.9. The maximum atomic E-state index is 13.4. The largest absolute Gasteiger partial charge is 0.324 e. The van der Waals surface area contributed by atoms with Gasteiger partial charge in [0.05, 0.1) is 17.6 Å². The molecule has 2 aromatic carbocycles. The van der Waals surface area contributed by atoms with Crippen LogP contribution in [0.25, 0.3) is 17.1 Å². The topological polar surface area (TPSA) is 72.7 Å². The number of hydrogen-bond acceptors (Lipinski definition) is 5. The molecule has 0 saturated heterocycles. The van der Waals surface area contributed by atoms with Crippen molar-refractivity contribution in [2.45, 2.75) is 5.16 Å². The monoisotopic (exact) mass is 405 g/mol. The van der Waals surface area contributed by atoms with Crippen LogP contribution >= 0.6 is 11.8 Å². The third-order valence-electron chi connectivity index (χ3n) is 4.03. The number of carbonyl (C=O) groups excluding carboxylic acids is 1. The molecular weight excluding hydrogens is 389 g/mol. The van der Waals surface area contributed by atoms with Crippen molar-refractivity contribution in [2.24, 2.45) is 0 Å². The highest BCUT2D eigenvalue weighted by Crippen LogP contribution is 2.28. The lowest BCUT2D eigenvalue weighted by atomic mass is 10.2. The Balaban J connectivity index is 1.60. The Bertz CT molecular complexity index is 1100. The summed E-state index contributed by atoms with van der Waals surface area (Å²) in [4.78, 5) is 16.3. The number of anilines is 1. The van der Waals surface area contributed by atoms with Crippen molar-refractivity contribution in [3.63, 3.8) is 0 Å². The second-order valence-corrected chi connectivity index (χ2v) is 7.01. The number of carbonyl (C=O) groups is 1. The normalized spacial score (nSPS) is 10.7. The van der Waals surface area contributed by atoms with Crippen LogP contribution in [0, 0.1) is 5.82 Å². The highest BCUT2D eigenvalue weighted by molar-refractivity contribution is 7.99. The van der Waals surface area contributed by atoms with E-state index in [0.29, 0.717) is 22.4 Å². The molecule has 0 saturated carbocycles. The van der Waals surface area contributed by atoms with Crippen LogP contribution in [0.1, 0.15) is 0 Å². The van der Waals surface area contributed by atoms with Crippen LogP contribution in [-0.2, 0) is 4.79 Å². The van der Waals surface area contributed by atoms with Crippen molar-refractivity contribution in [1.82, 2.24) is 19.7 Å². The van der Waals surface area contributed by atoms with E-state index in [1.807, 2.05) is 34.9 Å². The van der Waals surface area contributed by atoms with E-state index in [1.165, 1.54) is 23.9 Å². The van der Waals surface area contributed by atoms with Crippen LogP contribution < -0.4 is 5.32 Å². The SMILES string of the molecule is O=C(CSc1nnc(-c2ccccc2)n1-c1ccc(F)cc1)Nc1cccnc1. The van der Waals surface area contributed by atoms with Gasteiger partial charge in [0.2, 0.25) is 5.91 Å². The Morgan fingerprint density at radius 2 is 1.79 bits per heavy atom. The second kappa shape index (κ2) is 8.66. The first-order valence-corrected chi connectivity index (χ1v) is 9.79. The molecule has 0 aliphatic rings. The van der Waals surface area contributed by atoms with Gasteiger partial charge in [-0.1, -0.05) is 42.1 Å². The Labute approximate surface area is 170 Å². The molecule has 0 aliphatic heterocycles. The standard InChI is InChI=1S/C21H16FN5OS/c22-16-8-10-18(11-9-16)27-20(15-5-2-1-3-6-15)25-26-21(27)29-14-19(28)24-17-7-4-12-23-13-17/h1-13H,14H2,(H,24,28). The molecule has 1 amide bonds. The summed E-state index contributed by atoms with van der Waals surface area (Å²) in [6, 6.07) is 19.2. The van der Waals surface area contributed by atoms with Crippen molar-refractivity contribution in [1.29, 1.82) is 0 Å². The van der Waals surface area contributed by atoms with E-state index < -0.39 is 0 Å². The van der Waals surface area contributed by atoms with Gasteiger partial charge in [0.15, 0.2) is 11.0 Å². The summed E-state index contributed by atoms with van der Waals surface area (Å²) in [6.45, 7) is 0. The van der Waals surface area contributed by atoms with Crippen LogP contribution in [0.3, 0.4) is 0 Å². The van der Waals surface area contributed by atoms with Crippen LogP contribution in [0.5, 0.6) is 0 Å². The lowest BCUT2D eigenvalue weighted by Crippen LogP contribution is -2.14. The first kappa shape index (κ1) is 18.8. The molecule has 0 aliphatic carbocycles. The molecule has 2 aromatic heterocycles. The van der Waals surface area contributed by atoms with Crippen molar-refractivity contribution in [2.75, 3.05) is 11.1 Å². The van der Waals surface area contributed by atoms with E-state index >= 15 is 0 Å². The van der Waals surface area contributed by atoms with Crippen molar-refractivity contribution >= 4 is 23.4 Å². The number of thioether (sulfide) groups is 1. The van der Waals surface area contributed by atoms with Gasteiger partial charge in [-0.3, -0.25) is 14.3 Å². The highest BCUT2D eigenvalue weighted by atomic mass is 32.2. The van der Waals surface area contributed by atoms with Gasteiger partial charge in [-0.15, -0.1) is 10.2 Å². The number of benzene rings is 2. The van der Waals surface area contributed by atoms with Crippen molar-refractivity contribution < 1.29 is 9.18 Å². The maximum Gasteiger partial charge on any atom is 0.234 e. The van der Waals surface area contributed by atoms with Gasteiger partial charge in [0.25, 0.3) is 0 Å². The Kier molecular flexibility index (Phi) is 5.62. The Hall–Kier alpha value is -3.52. The Morgan fingerprint density at radius 3 is 2.52 bits per heavy atom. The molecule has 4 rings (SSSR count). The first-order chi connectivity index (χ1) is 14.2. The smallest absolute Gasteiger partial charge is 0.234 e. The molecule has 0 fully saturated rings. The van der Waals surface area contributed by atoms with Gasteiger partial charge in [0, 0.05) is 17.4 Å². The van der Waals surface area contributed by atoms with Gasteiger partial charge in [0.1, 0.15) is 5.82 Å². The van der Waals surface area contributed by atoms with Gasteiger partial charge in [-0.05, 0) is 36.4 Å². The zero-order valence-corrected chi connectivity index (χ0v) is 16.0. The minimum Gasteiger partial charge on any atom is -0.324 e. The number of hydrogen-bond donors (Lipinski definition) is 1. The molecule has 6 nitrogen and oxygen atoms in total. The van der Waals surface area contributed by atoms with Gasteiger partial charge in [-0.2, -0.15) is 0 Å². The summed E-state index contributed by atoms with van der Waals surface area (Å²) in [5.41, 5.74) is 2.21. The fourth-order valence-electron chi connectivity index (χ4n) is 2.72. The zero-order chi connectivity index (χ0) is 20.1. The number of nitrogens with one attached hydrogen (secondary N) is 1. The molecule has 4 aromatic rings. The minimum atomic E-state index is -0.326. The molecule has 29 heavy (non-hydrogen) atoms. The summed E-state index contributed by atoms with van der Waals surface area (Å²) in [6.07, 6.45) is 3.22. The molecule has 0 unspecified atom stereocenters. The van der Waals surface area contributed by atoms with E-state index in [9.17, 15) is 9.18 Å². The molecule has 0 bridgehead atoms. The van der Waals surface area contributed by atoms with Crippen LogP contribution in [-0.4, -0.2) is 31.4 Å². The number of pyridine rings is 1. The number of nitrogens with zero attached hydrogens (tertiary/aromatic N) is 4. The lowest BCUT2D eigenvalue weighted by Gasteiger charge is -2.10. The number of halogens is 1. The minimum absolute atomic E-state index is 0.142. The third-order valence-corrected chi connectivity index (χ3v) is 4.96. The van der Waals surface area contributed by atoms with Crippen molar-refractivity contribution in [3.05, 3.63) is 84.9 Å². The maximum absolute atomic E-state index is 13.4. The summed E-state index contributed by atoms with van der Waals surface area (Å²) in [5.74, 6) is 0.252. The molecule has 8 heteroatoms. The van der Waals surface area contributed by atoms with E-state index in [-0.39, 0.29) is 17.5 Å². The fourth-order valence-corrected chi connectivity index (χ4v) is 3.48. The molecule has 0 atom stereocenters. The second-order valence-electron chi connectivity index (χ2n) is 6.06. The lowest BCUT2D eigenvalue weighted by molar-refractivity contribution is -0.113. The molecule has 0 spiro atoms.